The fourth-order valence-electron chi connectivity index (χ4n) is 9.69. The first kappa shape index (κ1) is 22.9. The molecular formula is C28H38O6. The normalized spacial score (nSPS) is 52.1. The van der Waals surface area contributed by atoms with Gasteiger partial charge in [0.1, 0.15) is 17.5 Å². The molecule has 2 bridgehead atoms. The molecule has 4 aliphatic carbocycles. The third-order valence-corrected chi connectivity index (χ3v) is 11.5. The van der Waals surface area contributed by atoms with Gasteiger partial charge in [-0.05, 0) is 77.0 Å². The van der Waals surface area contributed by atoms with E-state index in [9.17, 15) is 19.8 Å². The third-order valence-electron chi connectivity index (χ3n) is 11.5. The highest BCUT2D eigenvalue weighted by Gasteiger charge is 2.78. The van der Waals surface area contributed by atoms with E-state index in [4.69, 9.17) is 9.47 Å². The molecule has 0 spiro atoms. The van der Waals surface area contributed by atoms with Gasteiger partial charge in [-0.3, -0.25) is 4.79 Å². The quantitative estimate of drug-likeness (QED) is 0.473. The molecule has 34 heavy (non-hydrogen) atoms. The zero-order valence-corrected chi connectivity index (χ0v) is 20.9. The van der Waals surface area contributed by atoms with Crippen LogP contribution in [0.4, 0.5) is 0 Å². The summed E-state index contributed by atoms with van der Waals surface area (Å²) in [7, 11) is 0. The van der Waals surface area contributed by atoms with E-state index in [0.29, 0.717) is 18.4 Å². The van der Waals surface area contributed by atoms with Gasteiger partial charge in [-0.1, -0.05) is 24.1 Å². The number of esters is 1. The summed E-state index contributed by atoms with van der Waals surface area (Å²) in [6.45, 7) is 8.26. The molecule has 1 saturated heterocycles. The highest BCUT2D eigenvalue weighted by Crippen LogP contribution is 2.75. The molecule has 0 radical (unpaired) electrons. The zero-order chi connectivity index (χ0) is 24.3. The van der Waals surface area contributed by atoms with Crippen molar-refractivity contribution in [2.45, 2.75) is 102 Å². The fourth-order valence-corrected chi connectivity index (χ4v) is 9.69. The van der Waals surface area contributed by atoms with Crippen LogP contribution in [0.15, 0.2) is 22.8 Å². The number of cyclic esters (lactones) is 1. The largest absolute Gasteiger partial charge is 0.456 e. The van der Waals surface area contributed by atoms with E-state index in [1.807, 2.05) is 6.92 Å². The van der Waals surface area contributed by atoms with E-state index in [-0.39, 0.29) is 53.7 Å². The van der Waals surface area contributed by atoms with Crippen LogP contribution >= 0.6 is 0 Å². The van der Waals surface area contributed by atoms with Crippen LogP contribution in [0.5, 0.6) is 0 Å². The summed E-state index contributed by atoms with van der Waals surface area (Å²) >= 11 is 0. The highest BCUT2D eigenvalue weighted by atomic mass is 16.6. The molecule has 0 aromatic heterocycles. The Balaban J connectivity index is 1.39. The first-order valence-electron chi connectivity index (χ1n) is 13.1. The molecule has 6 rings (SSSR count). The molecule has 6 aliphatic rings. The Morgan fingerprint density at radius 3 is 2.53 bits per heavy atom. The van der Waals surface area contributed by atoms with Gasteiger partial charge in [0, 0.05) is 18.3 Å². The second kappa shape index (κ2) is 7.04. The van der Waals surface area contributed by atoms with Crippen molar-refractivity contribution in [3.8, 4) is 0 Å². The standard InChI is InChI=1S/C28H38O6/c1-15-11-23(33-24(32)18(15)14-29)27(4)21-8-10-28(34-27)20-6-5-16-12-17(30)13-22(31)26(16,3)19(20)7-9-25(21,28)2/h5,17,19-21,23,29-30H,6-14H2,1-4H3. The summed E-state index contributed by atoms with van der Waals surface area (Å²) in [6.07, 6.45) is 7.67. The van der Waals surface area contributed by atoms with Crippen molar-refractivity contribution in [2.24, 2.45) is 28.6 Å². The molecule has 9 unspecified atom stereocenters. The number of aliphatic hydroxyl groups excluding tert-OH is 2. The van der Waals surface area contributed by atoms with Crippen molar-refractivity contribution in [3.05, 3.63) is 22.8 Å². The minimum absolute atomic E-state index is 0.0247. The summed E-state index contributed by atoms with van der Waals surface area (Å²) in [5.74, 6) is 0.509. The minimum Gasteiger partial charge on any atom is -0.456 e. The number of Topliss-reactive ketones (excluding diaryl/α,β-unsaturated/α-hetero) is 1. The van der Waals surface area contributed by atoms with Crippen LogP contribution in [-0.2, 0) is 19.1 Å². The Morgan fingerprint density at radius 2 is 1.82 bits per heavy atom. The van der Waals surface area contributed by atoms with Crippen LogP contribution in [-0.4, -0.2) is 52.0 Å². The molecule has 2 N–H and O–H groups in total. The van der Waals surface area contributed by atoms with Crippen LogP contribution in [0.1, 0.15) is 79.1 Å². The van der Waals surface area contributed by atoms with E-state index >= 15 is 0 Å². The van der Waals surface area contributed by atoms with Gasteiger partial charge in [0.2, 0.25) is 0 Å². The lowest BCUT2D eigenvalue weighted by Crippen LogP contribution is -2.61. The molecule has 9 atom stereocenters. The SMILES string of the molecule is CC1=C(CO)C(=O)OC(C2(C)OC34CCC2C3(C)CCC2C4CC=C3CC(O)CC(=O)C32C)C1. The van der Waals surface area contributed by atoms with Gasteiger partial charge >= 0.3 is 5.97 Å². The van der Waals surface area contributed by atoms with Crippen molar-refractivity contribution < 1.29 is 29.3 Å². The van der Waals surface area contributed by atoms with Gasteiger partial charge in [0.05, 0.1) is 29.3 Å². The Labute approximate surface area is 201 Å². The first-order chi connectivity index (χ1) is 16.0. The topological polar surface area (TPSA) is 93.1 Å². The molecule has 2 heterocycles. The third kappa shape index (κ3) is 2.53. The second-order valence-electron chi connectivity index (χ2n) is 12.6. The van der Waals surface area contributed by atoms with Crippen molar-refractivity contribution in [1.82, 2.24) is 0 Å². The number of ether oxygens (including phenoxy) is 2. The monoisotopic (exact) mass is 470 g/mol. The van der Waals surface area contributed by atoms with Gasteiger partial charge in [0.25, 0.3) is 0 Å². The zero-order valence-electron chi connectivity index (χ0n) is 20.9. The lowest BCUT2D eigenvalue weighted by molar-refractivity contribution is -0.232. The van der Waals surface area contributed by atoms with Gasteiger partial charge in [-0.2, -0.15) is 0 Å². The van der Waals surface area contributed by atoms with Crippen LogP contribution in [0.25, 0.3) is 0 Å². The molecule has 0 aromatic carbocycles. The summed E-state index contributed by atoms with van der Waals surface area (Å²) in [6, 6.07) is 0. The van der Waals surface area contributed by atoms with E-state index in [0.717, 1.165) is 43.3 Å². The van der Waals surface area contributed by atoms with Crippen molar-refractivity contribution in [2.75, 3.05) is 6.61 Å². The van der Waals surface area contributed by atoms with Crippen LogP contribution < -0.4 is 0 Å². The van der Waals surface area contributed by atoms with Gasteiger partial charge < -0.3 is 19.7 Å². The summed E-state index contributed by atoms with van der Waals surface area (Å²) < 4.78 is 13.2. The molecule has 4 fully saturated rings. The lowest BCUT2D eigenvalue weighted by Gasteiger charge is -2.59. The maximum atomic E-state index is 13.4. The highest BCUT2D eigenvalue weighted by molar-refractivity contribution is 5.91. The first-order valence-corrected chi connectivity index (χ1v) is 13.1. The van der Waals surface area contributed by atoms with Crippen molar-refractivity contribution in [1.29, 1.82) is 0 Å². The molecule has 6 heteroatoms. The number of carbonyl (C=O) groups excluding carboxylic acids is 2. The molecule has 2 aliphatic heterocycles. The van der Waals surface area contributed by atoms with E-state index in [1.54, 1.807) is 0 Å². The smallest absolute Gasteiger partial charge is 0.336 e. The molecule has 6 nitrogen and oxygen atoms in total. The van der Waals surface area contributed by atoms with E-state index < -0.39 is 23.1 Å². The maximum absolute atomic E-state index is 13.4. The van der Waals surface area contributed by atoms with Gasteiger partial charge in [0.15, 0.2) is 0 Å². The van der Waals surface area contributed by atoms with Crippen molar-refractivity contribution in [3.63, 3.8) is 0 Å². The second-order valence-corrected chi connectivity index (χ2v) is 12.6. The van der Waals surface area contributed by atoms with Gasteiger partial charge in [-0.15, -0.1) is 0 Å². The van der Waals surface area contributed by atoms with Crippen LogP contribution in [0.3, 0.4) is 0 Å². The summed E-state index contributed by atoms with van der Waals surface area (Å²) in [4.78, 5) is 26.0. The number of aliphatic hydroxyl groups is 2. The van der Waals surface area contributed by atoms with E-state index in [2.05, 4.69) is 26.8 Å². The molecule has 3 saturated carbocycles. The number of ketones is 1. The number of fused-ring (bicyclic) bond motifs is 3. The van der Waals surface area contributed by atoms with Crippen LogP contribution in [0, 0.1) is 28.6 Å². The Morgan fingerprint density at radius 1 is 1.06 bits per heavy atom. The minimum atomic E-state index is -0.586. The van der Waals surface area contributed by atoms with Crippen LogP contribution in [0.2, 0.25) is 0 Å². The maximum Gasteiger partial charge on any atom is 0.336 e. The summed E-state index contributed by atoms with van der Waals surface area (Å²) in [5.41, 5.74) is 0.945. The molecule has 186 valence electrons. The lowest BCUT2D eigenvalue weighted by atomic mass is 9.46. The average molecular weight is 471 g/mol. The van der Waals surface area contributed by atoms with Gasteiger partial charge in [-0.25, -0.2) is 4.79 Å². The number of rotatable bonds is 2. The fraction of sp³-hybridized carbons (Fsp3) is 0.786. The average Bonchev–Trinajstić information content (AvgIpc) is 3.18. The predicted octanol–water partition coefficient (Wildman–Crippen LogP) is 3.64. The Hall–Kier alpha value is -1.50. The van der Waals surface area contributed by atoms with Crippen molar-refractivity contribution >= 4 is 11.8 Å². The Kier molecular flexibility index (Phi) is 4.75. The molecular weight excluding hydrogens is 432 g/mol. The number of allylic oxidation sites excluding steroid dienone is 1. The number of carbonyl (C=O) groups is 2. The number of hydrogen-bond donors (Lipinski definition) is 2. The predicted molar refractivity (Wildman–Crippen MR) is 125 cm³/mol. The summed E-state index contributed by atoms with van der Waals surface area (Å²) in [5, 5.41) is 19.9. The molecule has 0 aromatic rings. The number of hydrogen-bond acceptors (Lipinski definition) is 6. The van der Waals surface area contributed by atoms with E-state index in [1.165, 1.54) is 0 Å². The Bertz CT molecular complexity index is 1030. The molecule has 0 amide bonds.